The molecule has 1 atom stereocenters. The number of rotatable bonds is 7. The summed E-state index contributed by atoms with van der Waals surface area (Å²) in [6, 6.07) is 8.89. The van der Waals surface area contributed by atoms with Crippen molar-refractivity contribution in [3.8, 4) is 6.07 Å². The van der Waals surface area contributed by atoms with E-state index >= 15 is 0 Å². The maximum absolute atomic E-state index is 12.0. The predicted molar refractivity (Wildman–Crippen MR) is 94.1 cm³/mol. The van der Waals surface area contributed by atoms with Gasteiger partial charge in [-0.1, -0.05) is 12.1 Å². The summed E-state index contributed by atoms with van der Waals surface area (Å²) in [6.07, 6.45) is -0.538. The second-order valence-electron chi connectivity index (χ2n) is 5.83. The number of ether oxygens (including phenoxy) is 1. The molecule has 1 N–H and O–H groups in total. The van der Waals surface area contributed by atoms with Crippen molar-refractivity contribution >= 4 is 22.8 Å². The second-order valence-corrected chi connectivity index (χ2v) is 5.83. The number of benzene rings is 1. The Labute approximate surface area is 150 Å². The minimum atomic E-state index is -0.935. The van der Waals surface area contributed by atoms with Gasteiger partial charge in [-0.3, -0.25) is 14.4 Å². The number of amides is 1. The number of likely N-dealkylation sites (N-methyl/N-ethyl adjacent to an activating group) is 1. The maximum atomic E-state index is 12.0. The smallest absolute Gasteiger partial charge is 0.307 e. The summed E-state index contributed by atoms with van der Waals surface area (Å²) in [6.45, 7) is 1.76. The Bertz CT molecular complexity index is 900. The molecule has 1 amide bonds. The van der Waals surface area contributed by atoms with Crippen molar-refractivity contribution in [2.75, 3.05) is 13.6 Å². The van der Waals surface area contributed by atoms with Crippen LogP contribution in [0.4, 0.5) is 0 Å². The first kappa shape index (κ1) is 19.1. The fourth-order valence-electron chi connectivity index (χ4n) is 2.42. The van der Waals surface area contributed by atoms with Crippen molar-refractivity contribution in [1.82, 2.24) is 14.9 Å². The lowest BCUT2D eigenvalue weighted by Gasteiger charge is -2.20. The molecule has 0 aliphatic rings. The van der Waals surface area contributed by atoms with Gasteiger partial charge in [-0.2, -0.15) is 5.26 Å². The maximum Gasteiger partial charge on any atom is 0.307 e. The third kappa shape index (κ3) is 4.89. The minimum Gasteiger partial charge on any atom is -0.453 e. The molecule has 0 aliphatic heterocycles. The van der Waals surface area contributed by atoms with E-state index in [2.05, 4.69) is 9.97 Å². The number of aromatic nitrogens is 2. The molecule has 0 bridgehead atoms. The molecular formula is C18H20N4O4. The molecule has 2 rings (SSSR count). The molecule has 0 fully saturated rings. The lowest BCUT2D eigenvalue weighted by atomic mass is 10.2. The molecule has 1 heterocycles. The van der Waals surface area contributed by atoms with Gasteiger partial charge in [0.15, 0.2) is 6.10 Å². The molecule has 0 aliphatic carbocycles. The highest BCUT2D eigenvalue weighted by atomic mass is 16.5. The van der Waals surface area contributed by atoms with Gasteiger partial charge in [-0.05, 0) is 19.1 Å². The van der Waals surface area contributed by atoms with Gasteiger partial charge in [0.1, 0.15) is 5.82 Å². The number of nitrogens with zero attached hydrogens (tertiary/aromatic N) is 3. The van der Waals surface area contributed by atoms with Crippen LogP contribution in [0.1, 0.15) is 25.6 Å². The first-order chi connectivity index (χ1) is 12.4. The third-order valence-corrected chi connectivity index (χ3v) is 3.82. The summed E-state index contributed by atoms with van der Waals surface area (Å²) < 4.78 is 5.12. The van der Waals surface area contributed by atoms with Crippen LogP contribution in [-0.4, -0.2) is 46.4 Å². The summed E-state index contributed by atoms with van der Waals surface area (Å²) in [5.74, 6) is -0.544. The Morgan fingerprint density at radius 2 is 2.12 bits per heavy atom. The molecule has 2 aromatic rings. The van der Waals surface area contributed by atoms with Crippen LogP contribution in [0.15, 0.2) is 29.1 Å². The van der Waals surface area contributed by atoms with E-state index in [0.717, 1.165) is 0 Å². The van der Waals surface area contributed by atoms with Crippen molar-refractivity contribution < 1.29 is 14.3 Å². The van der Waals surface area contributed by atoms with Gasteiger partial charge in [0, 0.05) is 20.0 Å². The number of nitrogens with one attached hydrogen (secondary N) is 1. The van der Waals surface area contributed by atoms with Crippen molar-refractivity contribution in [2.24, 2.45) is 0 Å². The first-order valence-electron chi connectivity index (χ1n) is 8.21. The van der Waals surface area contributed by atoms with E-state index < -0.39 is 12.1 Å². The van der Waals surface area contributed by atoms with Crippen LogP contribution in [0.5, 0.6) is 0 Å². The molecular weight excluding hydrogens is 336 g/mol. The van der Waals surface area contributed by atoms with Crippen LogP contribution >= 0.6 is 0 Å². The van der Waals surface area contributed by atoms with Crippen molar-refractivity contribution in [3.63, 3.8) is 0 Å². The normalized spacial score (nSPS) is 11.6. The molecule has 26 heavy (non-hydrogen) atoms. The highest BCUT2D eigenvalue weighted by Gasteiger charge is 2.21. The van der Waals surface area contributed by atoms with Crippen LogP contribution in [0.25, 0.3) is 10.9 Å². The van der Waals surface area contributed by atoms with E-state index in [-0.39, 0.29) is 37.3 Å². The number of aryl methyl sites for hydroxylation is 1. The Hall–Kier alpha value is -3.21. The highest BCUT2D eigenvalue weighted by Crippen LogP contribution is 2.07. The fourth-order valence-corrected chi connectivity index (χ4v) is 2.42. The molecule has 1 aromatic heterocycles. The lowest BCUT2D eigenvalue weighted by Crippen LogP contribution is -2.38. The zero-order valence-corrected chi connectivity index (χ0v) is 14.7. The SMILES string of the molecule is C[C@@H](OC(=O)CCc1nc2ccccc2c(=O)[nH]1)C(=O)N(C)CCC#N. The van der Waals surface area contributed by atoms with Gasteiger partial charge < -0.3 is 14.6 Å². The predicted octanol–water partition coefficient (Wildman–Crippen LogP) is 1.16. The number of fused-ring (bicyclic) bond motifs is 1. The summed E-state index contributed by atoms with van der Waals surface area (Å²) >= 11 is 0. The minimum absolute atomic E-state index is 0.0131. The van der Waals surface area contributed by atoms with Crippen molar-refractivity contribution in [2.45, 2.75) is 32.3 Å². The zero-order chi connectivity index (χ0) is 19.1. The van der Waals surface area contributed by atoms with Crippen LogP contribution in [0, 0.1) is 11.3 Å². The third-order valence-electron chi connectivity index (χ3n) is 3.82. The van der Waals surface area contributed by atoms with Crippen LogP contribution < -0.4 is 5.56 Å². The van der Waals surface area contributed by atoms with Crippen LogP contribution in [0.2, 0.25) is 0 Å². The van der Waals surface area contributed by atoms with E-state index in [1.807, 2.05) is 6.07 Å². The molecule has 136 valence electrons. The average Bonchev–Trinajstić information content (AvgIpc) is 2.63. The number of carbonyl (C=O) groups is 2. The van der Waals surface area contributed by atoms with E-state index in [1.165, 1.54) is 11.8 Å². The monoisotopic (exact) mass is 356 g/mol. The molecule has 8 nitrogen and oxygen atoms in total. The zero-order valence-electron chi connectivity index (χ0n) is 14.7. The number of hydrogen-bond acceptors (Lipinski definition) is 6. The van der Waals surface area contributed by atoms with Gasteiger partial charge in [-0.25, -0.2) is 4.98 Å². The largest absolute Gasteiger partial charge is 0.453 e. The average molecular weight is 356 g/mol. The summed E-state index contributed by atoms with van der Waals surface area (Å²) in [5.41, 5.74) is 0.295. The summed E-state index contributed by atoms with van der Waals surface area (Å²) in [5, 5.41) is 9.02. The topological polar surface area (TPSA) is 116 Å². The van der Waals surface area contributed by atoms with Gasteiger partial charge >= 0.3 is 5.97 Å². The number of carbonyl (C=O) groups excluding carboxylic acids is 2. The van der Waals surface area contributed by atoms with E-state index in [9.17, 15) is 14.4 Å². The summed E-state index contributed by atoms with van der Waals surface area (Å²) in [7, 11) is 1.55. The molecule has 1 aromatic carbocycles. The number of H-pyrrole nitrogens is 1. The van der Waals surface area contributed by atoms with E-state index in [4.69, 9.17) is 10.00 Å². The Balaban J connectivity index is 1.91. The molecule has 0 saturated heterocycles. The second kappa shape index (κ2) is 8.76. The number of hydrogen-bond donors (Lipinski definition) is 1. The quantitative estimate of drug-likeness (QED) is 0.744. The number of para-hydroxylation sites is 1. The fraction of sp³-hybridized carbons (Fsp3) is 0.389. The highest BCUT2D eigenvalue weighted by molar-refractivity contribution is 5.83. The number of nitriles is 1. The van der Waals surface area contributed by atoms with Gasteiger partial charge in [0.05, 0.1) is 29.8 Å². The Morgan fingerprint density at radius 1 is 1.38 bits per heavy atom. The summed E-state index contributed by atoms with van der Waals surface area (Å²) in [4.78, 5) is 44.3. The van der Waals surface area contributed by atoms with Gasteiger partial charge in [-0.15, -0.1) is 0 Å². The number of aromatic amines is 1. The van der Waals surface area contributed by atoms with Crippen LogP contribution in [0.3, 0.4) is 0 Å². The lowest BCUT2D eigenvalue weighted by molar-refractivity contribution is -0.158. The Morgan fingerprint density at radius 3 is 2.85 bits per heavy atom. The molecule has 0 spiro atoms. The molecule has 0 unspecified atom stereocenters. The number of esters is 1. The first-order valence-corrected chi connectivity index (χ1v) is 8.21. The van der Waals surface area contributed by atoms with E-state index in [0.29, 0.717) is 16.7 Å². The Kier molecular flexibility index (Phi) is 6.44. The van der Waals surface area contributed by atoms with Crippen LogP contribution in [-0.2, 0) is 20.7 Å². The van der Waals surface area contributed by atoms with E-state index in [1.54, 1.807) is 31.3 Å². The molecule has 0 radical (unpaired) electrons. The van der Waals surface area contributed by atoms with Gasteiger partial charge in [0.2, 0.25) is 0 Å². The van der Waals surface area contributed by atoms with Crippen molar-refractivity contribution in [1.29, 1.82) is 5.26 Å². The van der Waals surface area contributed by atoms with Gasteiger partial charge in [0.25, 0.3) is 11.5 Å². The molecule has 8 heteroatoms. The molecule has 0 saturated carbocycles. The van der Waals surface area contributed by atoms with Crippen molar-refractivity contribution in [3.05, 3.63) is 40.4 Å². The standard InChI is InChI=1S/C18H20N4O4/c1-12(18(25)22(2)11-5-10-19)26-16(23)9-8-15-20-14-7-4-3-6-13(14)17(24)21-15/h3-4,6-7,12H,5,8-9,11H2,1-2H3,(H,20,21,24)/t12-/m1/s1.